The Hall–Kier alpha value is -3.22. The summed E-state index contributed by atoms with van der Waals surface area (Å²) in [6.07, 6.45) is 1.87. The number of ether oxygens (including phenoxy) is 1. The first-order valence-electron chi connectivity index (χ1n) is 9.77. The molecule has 7 nitrogen and oxygen atoms in total. The number of aromatic nitrogens is 1. The average molecular weight is 396 g/mol. The van der Waals surface area contributed by atoms with Gasteiger partial charge in [-0.15, -0.1) is 0 Å². The molecular weight excluding hydrogens is 368 g/mol. The molecule has 4 N–H and O–H groups in total. The first-order valence-corrected chi connectivity index (χ1v) is 9.77. The van der Waals surface area contributed by atoms with E-state index in [1.165, 1.54) is 6.07 Å². The van der Waals surface area contributed by atoms with E-state index in [0.29, 0.717) is 42.4 Å². The first-order chi connectivity index (χ1) is 13.9. The number of hydrogen-bond acceptors (Lipinski definition) is 5. The summed E-state index contributed by atoms with van der Waals surface area (Å²) in [5, 5.41) is 3.10. The monoisotopic (exact) mass is 396 g/mol. The summed E-state index contributed by atoms with van der Waals surface area (Å²) in [6, 6.07) is 8.77. The zero-order valence-electron chi connectivity index (χ0n) is 17.0. The number of aryl methyl sites for hydroxylation is 1. The third-order valence-corrected chi connectivity index (χ3v) is 5.12. The zero-order valence-corrected chi connectivity index (χ0v) is 17.0. The molecule has 0 radical (unpaired) electrons. The second-order valence-electron chi connectivity index (χ2n) is 7.44. The van der Waals surface area contributed by atoms with Crippen LogP contribution in [-0.2, 0) is 0 Å². The summed E-state index contributed by atoms with van der Waals surface area (Å²) in [5.41, 5.74) is 8.86. The van der Waals surface area contributed by atoms with Gasteiger partial charge in [-0.2, -0.15) is 0 Å². The number of hydrogen-bond donors (Lipinski definition) is 3. The van der Waals surface area contributed by atoms with Crippen LogP contribution in [0.3, 0.4) is 0 Å². The number of H-pyrrole nitrogens is 1. The lowest BCUT2D eigenvalue weighted by Gasteiger charge is -2.33. The number of piperidine rings is 1. The van der Waals surface area contributed by atoms with Crippen molar-refractivity contribution < 1.29 is 9.53 Å². The number of anilines is 1. The summed E-state index contributed by atoms with van der Waals surface area (Å²) in [5.74, 6) is 0.767. The van der Waals surface area contributed by atoms with Gasteiger partial charge in [0.2, 0.25) is 5.56 Å². The van der Waals surface area contributed by atoms with Crippen LogP contribution in [0, 0.1) is 12.8 Å². The molecule has 1 unspecified atom stereocenters. The molecular formula is C22H28N4O3. The largest absolute Gasteiger partial charge is 0.492 e. The third-order valence-electron chi connectivity index (χ3n) is 5.12. The molecule has 1 atom stereocenters. The number of likely N-dealkylation sites (tertiary alicyclic amines) is 1. The van der Waals surface area contributed by atoms with Crippen molar-refractivity contribution in [1.29, 1.82) is 0 Å². The number of nitrogens with zero attached hydrogens (tertiary/aromatic N) is 1. The summed E-state index contributed by atoms with van der Waals surface area (Å²) in [4.78, 5) is 29.0. The number of carbonyl (C=O) groups is 1. The molecule has 1 aliphatic heterocycles. The van der Waals surface area contributed by atoms with Crippen LogP contribution in [0.25, 0.3) is 5.70 Å². The number of amides is 1. The van der Waals surface area contributed by atoms with Crippen molar-refractivity contribution in [2.75, 3.05) is 32.1 Å². The Morgan fingerprint density at radius 2 is 2.21 bits per heavy atom. The molecule has 1 fully saturated rings. The number of rotatable bonds is 6. The lowest BCUT2D eigenvalue weighted by Crippen LogP contribution is -2.42. The van der Waals surface area contributed by atoms with Crippen LogP contribution in [0.5, 0.6) is 5.75 Å². The van der Waals surface area contributed by atoms with Gasteiger partial charge >= 0.3 is 0 Å². The summed E-state index contributed by atoms with van der Waals surface area (Å²) in [6.45, 7) is 7.37. The van der Waals surface area contributed by atoms with Gasteiger partial charge in [-0.1, -0.05) is 12.6 Å². The third kappa shape index (κ3) is 4.80. The van der Waals surface area contributed by atoms with Crippen LogP contribution in [0.2, 0.25) is 0 Å². The Morgan fingerprint density at radius 1 is 1.41 bits per heavy atom. The Labute approximate surface area is 170 Å². The van der Waals surface area contributed by atoms with E-state index in [2.05, 4.69) is 16.9 Å². The molecule has 1 aromatic carbocycles. The molecule has 1 amide bonds. The van der Waals surface area contributed by atoms with Crippen LogP contribution in [0.4, 0.5) is 5.69 Å². The lowest BCUT2D eigenvalue weighted by molar-refractivity contribution is 0.0633. The highest BCUT2D eigenvalue weighted by Crippen LogP contribution is 2.31. The van der Waals surface area contributed by atoms with Crippen LogP contribution >= 0.6 is 0 Å². The molecule has 0 bridgehead atoms. The number of nitrogens with two attached hydrogens (primary N) is 1. The van der Waals surface area contributed by atoms with Crippen molar-refractivity contribution in [3.63, 3.8) is 0 Å². The van der Waals surface area contributed by atoms with E-state index < -0.39 is 0 Å². The highest BCUT2D eigenvalue weighted by Gasteiger charge is 2.25. The minimum atomic E-state index is -0.260. The van der Waals surface area contributed by atoms with E-state index in [1.54, 1.807) is 17.9 Å². The number of pyridine rings is 1. The number of aromatic amines is 1. The van der Waals surface area contributed by atoms with Gasteiger partial charge in [0.25, 0.3) is 5.91 Å². The molecule has 7 heteroatoms. The van der Waals surface area contributed by atoms with Gasteiger partial charge in [-0.3, -0.25) is 9.59 Å². The predicted octanol–water partition coefficient (Wildman–Crippen LogP) is 2.59. The summed E-state index contributed by atoms with van der Waals surface area (Å²) in [7, 11) is 1.83. The fraction of sp³-hybridized carbons (Fsp3) is 0.364. The highest BCUT2D eigenvalue weighted by atomic mass is 16.5. The molecule has 154 valence electrons. The quantitative estimate of drug-likeness (QED) is 0.697. The van der Waals surface area contributed by atoms with Crippen molar-refractivity contribution in [1.82, 2.24) is 9.88 Å². The fourth-order valence-corrected chi connectivity index (χ4v) is 3.77. The maximum atomic E-state index is 12.8. The van der Waals surface area contributed by atoms with Crippen molar-refractivity contribution in [3.8, 4) is 5.75 Å². The molecule has 0 saturated carbocycles. The smallest absolute Gasteiger partial charge is 0.254 e. The number of benzene rings is 1. The molecule has 29 heavy (non-hydrogen) atoms. The maximum absolute atomic E-state index is 12.8. The van der Waals surface area contributed by atoms with Crippen molar-refractivity contribution in [2.45, 2.75) is 19.8 Å². The van der Waals surface area contributed by atoms with E-state index >= 15 is 0 Å². The van der Waals surface area contributed by atoms with E-state index in [1.807, 2.05) is 25.2 Å². The maximum Gasteiger partial charge on any atom is 0.254 e. The molecule has 1 aromatic heterocycles. The minimum Gasteiger partial charge on any atom is -0.492 e. The molecule has 2 heterocycles. The Balaban J connectivity index is 1.68. The zero-order chi connectivity index (χ0) is 21.0. The average Bonchev–Trinajstić information content (AvgIpc) is 2.70. The van der Waals surface area contributed by atoms with E-state index in [-0.39, 0.29) is 17.4 Å². The molecule has 0 aliphatic carbocycles. The normalized spacial score (nSPS) is 16.3. The minimum absolute atomic E-state index is 0.114. The molecule has 0 spiro atoms. The van der Waals surface area contributed by atoms with Gasteiger partial charge < -0.3 is 25.7 Å². The highest BCUT2D eigenvalue weighted by molar-refractivity contribution is 5.94. The van der Waals surface area contributed by atoms with Crippen LogP contribution in [-0.4, -0.2) is 42.5 Å². The molecule has 2 aromatic rings. The van der Waals surface area contributed by atoms with Gasteiger partial charge in [-0.25, -0.2) is 0 Å². The lowest BCUT2D eigenvalue weighted by atomic mass is 9.98. The first kappa shape index (κ1) is 20.5. The van der Waals surface area contributed by atoms with Crippen molar-refractivity contribution in [2.24, 2.45) is 11.7 Å². The van der Waals surface area contributed by atoms with Crippen LogP contribution in [0.15, 0.2) is 41.7 Å². The Kier molecular flexibility index (Phi) is 6.26. The molecule has 3 rings (SSSR count). The molecule has 1 saturated heterocycles. The van der Waals surface area contributed by atoms with Crippen LogP contribution in [0.1, 0.15) is 34.5 Å². The molecule has 1 aliphatic rings. The topological polar surface area (TPSA) is 100 Å². The second kappa shape index (κ2) is 8.86. The van der Waals surface area contributed by atoms with E-state index in [0.717, 1.165) is 24.1 Å². The second-order valence-corrected chi connectivity index (χ2v) is 7.44. The van der Waals surface area contributed by atoms with Gasteiger partial charge in [0.05, 0.1) is 12.2 Å². The number of carbonyl (C=O) groups excluding carboxylic acids is 1. The Bertz CT molecular complexity index is 967. The van der Waals surface area contributed by atoms with Gasteiger partial charge in [0, 0.05) is 54.8 Å². The van der Waals surface area contributed by atoms with Crippen LogP contribution < -0.4 is 21.3 Å². The predicted molar refractivity (Wildman–Crippen MR) is 115 cm³/mol. The van der Waals surface area contributed by atoms with Crippen molar-refractivity contribution in [3.05, 3.63) is 64.1 Å². The van der Waals surface area contributed by atoms with Gasteiger partial charge in [0.1, 0.15) is 5.75 Å². The number of nitrogens with one attached hydrogen (secondary N) is 2. The van der Waals surface area contributed by atoms with Gasteiger partial charge in [-0.05, 0) is 38.0 Å². The van der Waals surface area contributed by atoms with E-state index in [4.69, 9.17) is 10.5 Å². The Morgan fingerprint density at radius 3 is 2.90 bits per heavy atom. The standard InChI is InChI=1S/C22H28N4O3/c1-14-10-17(11-20(27)25-14)22(28)26-9-5-6-16(12-26)13-29-19-8-4-7-18(24-3)21(19)15(2)23/h4,7-8,10-11,16,24H,2,5-6,9,12-13,23H2,1,3H3,(H,25,27). The summed E-state index contributed by atoms with van der Waals surface area (Å²) >= 11 is 0. The SMILES string of the molecule is C=C(N)c1c(NC)cccc1OCC1CCCN(C(=O)c2cc(C)[nH]c(=O)c2)C1. The van der Waals surface area contributed by atoms with Gasteiger partial charge in [0.15, 0.2) is 0 Å². The van der Waals surface area contributed by atoms with Crippen molar-refractivity contribution >= 4 is 17.3 Å². The summed E-state index contributed by atoms with van der Waals surface area (Å²) < 4.78 is 6.08. The van der Waals surface area contributed by atoms with E-state index in [9.17, 15) is 9.59 Å². The fourth-order valence-electron chi connectivity index (χ4n) is 3.77.